The van der Waals surface area contributed by atoms with Crippen molar-refractivity contribution in [3.8, 4) is 0 Å². The Morgan fingerprint density at radius 1 is 1.25 bits per heavy atom. The van der Waals surface area contributed by atoms with Crippen molar-refractivity contribution in [3.05, 3.63) is 29.8 Å². The Morgan fingerprint density at radius 3 is 2.70 bits per heavy atom. The van der Waals surface area contributed by atoms with Gasteiger partial charge in [-0.25, -0.2) is 0 Å². The fraction of sp³-hybridized carbons (Fsp3) is 0.588. The number of benzene rings is 1. The van der Waals surface area contributed by atoms with E-state index in [9.17, 15) is 4.79 Å². The van der Waals surface area contributed by atoms with E-state index in [0.29, 0.717) is 6.04 Å². The molecule has 3 rings (SSSR count). The van der Waals surface area contributed by atoms with Crippen molar-refractivity contribution >= 4 is 11.6 Å². The van der Waals surface area contributed by atoms with Crippen LogP contribution >= 0.6 is 0 Å². The van der Waals surface area contributed by atoms with Gasteiger partial charge < -0.3 is 10.2 Å². The van der Waals surface area contributed by atoms with Gasteiger partial charge in [0, 0.05) is 25.3 Å². The summed E-state index contributed by atoms with van der Waals surface area (Å²) in [4.78, 5) is 14.4. The summed E-state index contributed by atoms with van der Waals surface area (Å²) in [7, 11) is 1.88. The van der Waals surface area contributed by atoms with Crippen LogP contribution in [0.2, 0.25) is 0 Å². The highest BCUT2D eigenvalue weighted by Crippen LogP contribution is 2.40. The third-order valence-electron chi connectivity index (χ3n) is 4.99. The zero-order chi connectivity index (χ0) is 14.2. The van der Waals surface area contributed by atoms with Crippen molar-refractivity contribution in [1.29, 1.82) is 0 Å². The van der Waals surface area contributed by atoms with Gasteiger partial charge in [0.15, 0.2) is 0 Å². The Balaban J connectivity index is 1.78. The van der Waals surface area contributed by atoms with Gasteiger partial charge in [-0.3, -0.25) is 4.79 Å². The molecule has 3 heteroatoms. The maximum atomic E-state index is 12.6. The molecular weight excluding hydrogens is 248 g/mol. The SMILES string of the molecule is CN1C(=O)C(C)(CNC2CCCCC2)c2ccccc21. The van der Waals surface area contributed by atoms with Crippen molar-refractivity contribution in [2.75, 3.05) is 18.5 Å². The molecule has 3 nitrogen and oxygen atoms in total. The lowest BCUT2D eigenvalue weighted by atomic mass is 9.83. The number of para-hydroxylation sites is 1. The van der Waals surface area contributed by atoms with Crippen LogP contribution in [0.4, 0.5) is 5.69 Å². The van der Waals surface area contributed by atoms with Gasteiger partial charge in [0.25, 0.3) is 0 Å². The fourth-order valence-electron chi connectivity index (χ4n) is 3.65. The van der Waals surface area contributed by atoms with Gasteiger partial charge in [-0.05, 0) is 31.4 Å². The predicted octanol–water partition coefficient (Wildman–Crippen LogP) is 2.84. The summed E-state index contributed by atoms with van der Waals surface area (Å²) in [6.07, 6.45) is 6.50. The number of fused-ring (bicyclic) bond motifs is 1. The van der Waals surface area contributed by atoms with Gasteiger partial charge in [-0.1, -0.05) is 37.5 Å². The van der Waals surface area contributed by atoms with E-state index in [4.69, 9.17) is 0 Å². The van der Waals surface area contributed by atoms with Crippen LogP contribution in [0.1, 0.15) is 44.6 Å². The van der Waals surface area contributed by atoms with E-state index < -0.39 is 5.41 Å². The minimum absolute atomic E-state index is 0.210. The molecule has 1 heterocycles. The Hall–Kier alpha value is -1.35. The maximum absolute atomic E-state index is 12.6. The highest BCUT2D eigenvalue weighted by molar-refractivity contribution is 6.07. The first-order valence-electron chi connectivity index (χ1n) is 7.74. The first kappa shape index (κ1) is 13.6. The Bertz CT molecular complexity index is 507. The third kappa shape index (κ3) is 2.14. The molecule has 1 unspecified atom stereocenters. The average molecular weight is 272 g/mol. The Labute approximate surface area is 121 Å². The summed E-state index contributed by atoms with van der Waals surface area (Å²) in [6, 6.07) is 8.76. The number of carbonyl (C=O) groups excluding carboxylic acids is 1. The predicted molar refractivity (Wildman–Crippen MR) is 82.1 cm³/mol. The lowest BCUT2D eigenvalue weighted by molar-refractivity contribution is -0.122. The number of nitrogens with zero attached hydrogens (tertiary/aromatic N) is 1. The lowest BCUT2D eigenvalue weighted by Crippen LogP contribution is -2.47. The van der Waals surface area contributed by atoms with Crippen molar-refractivity contribution in [3.63, 3.8) is 0 Å². The second kappa shape index (κ2) is 5.21. The molecule has 1 saturated carbocycles. The zero-order valence-electron chi connectivity index (χ0n) is 12.5. The van der Waals surface area contributed by atoms with Crippen LogP contribution in [0.25, 0.3) is 0 Å². The highest BCUT2D eigenvalue weighted by Gasteiger charge is 2.45. The second-order valence-electron chi connectivity index (χ2n) is 6.43. The molecule has 1 aromatic rings. The van der Waals surface area contributed by atoms with Crippen LogP contribution in [0.5, 0.6) is 0 Å². The number of likely N-dealkylation sites (N-methyl/N-ethyl adjacent to an activating group) is 1. The van der Waals surface area contributed by atoms with Crippen molar-refractivity contribution in [2.24, 2.45) is 0 Å². The summed E-state index contributed by atoms with van der Waals surface area (Å²) >= 11 is 0. The molecule has 2 aliphatic rings. The molecule has 1 aliphatic carbocycles. The molecule has 0 radical (unpaired) electrons. The maximum Gasteiger partial charge on any atom is 0.238 e. The molecule has 1 atom stereocenters. The van der Waals surface area contributed by atoms with E-state index in [1.165, 1.54) is 32.1 Å². The summed E-state index contributed by atoms with van der Waals surface area (Å²) in [5.41, 5.74) is 1.81. The standard InChI is InChI=1S/C17H24N2O/c1-17(12-18-13-8-4-3-5-9-13)14-10-6-7-11-15(14)19(2)16(17)20/h6-7,10-11,13,18H,3-5,8-9,12H2,1-2H3. The average Bonchev–Trinajstić information content (AvgIpc) is 2.69. The molecular formula is C17H24N2O. The van der Waals surface area contributed by atoms with Crippen LogP contribution in [-0.2, 0) is 10.2 Å². The minimum atomic E-state index is -0.414. The van der Waals surface area contributed by atoms with E-state index in [1.54, 1.807) is 4.90 Å². The molecule has 1 fully saturated rings. The van der Waals surface area contributed by atoms with E-state index in [-0.39, 0.29) is 5.91 Å². The molecule has 1 N–H and O–H groups in total. The Morgan fingerprint density at radius 2 is 1.95 bits per heavy atom. The van der Waals surface area contributed by atoms with Crippen molar-refractivity contribution < 1.29 is 4.79 Å². The number of amides is 1. The van der Waals surface area contributed by atoms with E-state index in [0.717, 1.165) is 17.8 Å². The number of hydrogen-bond donors (Lipinski definition) is 1. The molecule has 1 aliphatic heterocycles. The van der Waals surface area contributed by atoms with Gasteiger partial charge in [0.05, 0.1) is 5.41 Å². The van der Waals surface area contributed by atoms with Gasteiger partial charge in [0.1, 0.15) is 0 Å². The van der Waals surface area contributed by atoms with Gasteiger partial charge in [0.2, 0.25) is 5.91 Å². The summed E-state index contributed by atoms with van der Waals surface area (Å²) in [5.74, 6) is 0.210. The van der Waals surface area contributed by atoms with E-state index in [2.05, 4.69) is 18.3 Å². The summed E-state index contributed by atoms with van der Waals surface area (Å²) < 4.78 is 0. The number of hydrogen-bond acceptors (Lipinski definition) is 2. The van der Waals surface area contributed by atoms with Crippen molar-refractivity contribution in [2.45, 2.75) is 50.5 Å². The molecule has 0 bridgehead atoms. The van der Waals surface area contributed by atoms with E-state index >= 15 is 0 Å². The molecule has 0 spiro atoms. The minimum Gasteiger partial charge on any atom is -0.314 e. The first-order valence-corrected chi connectivity index (χ1v) is 7.74. The third-order valence-corrected chi connectivity index (χ3v) is 4.99. The van der Waals surface area contributed by atoms with Crippen LogP contribution in [0.15, 0.2) is 24.3 Å². The zero-order valence-corrected chi connectivity index (χ0v) is 12.5. The van der Waals surface area contributed by atoms with Crippen LogP contribution in [-0.4, -0.2) is 25.5 Å². The number of nitrogens with one attached hydrogen (secondary N) is 1. The fourth-order valence-corrected chi connectivity index (χ4v) is 3.65. The monoisotopic (exact) mass is 272 g/mol. The van der Waals surface area contributed by atoms with Gasteiger partial charge in [-0.2, -0.15) is 0 Å². The smallest absolute Gasteiger partial charge is 0.238 e. The largest absolute Gasteiger partial charge is 0.314 e. The van der Waals surface area contributed by atoms with Crippen LogP contribution < -0.4 is 10.2 Å². The second-order valence-corrected chi connectivity index (χ2v) is 6.43. The van der Waals surface area contributed by atoms with E-state index in [1.807, 2.05) is 25.2 Å². The lowest BCUT2D eigenvalue weighted by Gasteiger charge is -2.29. The van der Waals surface area contributed by atoms with Crippen LogP contribution in [0, 0.1) is 0 Å². The highest BCUT2D eigenvalue weighted by atomic mass is 16.2. The molecule has 20 heavy (non-hydrogen) atoms. The summed E-state index contributed by atoms with van der Waals surface area (Å²) in [6.45, 7) is 2.82. The topological polar surface area (TPSA) is 32.3 Å². The molecule has 1 aromatic carbocycles. The molecule has 1 amide bonds. The Kier molecular flexibility index (Phi) is 3.55. The van der Waals surface area contributed by atoms with Crippen molar-refractivity contribution in [1.82, 2.24) is 5.32 Å². The van der Waals surface area contributed by atoms with Gasteiger partial charge >= 0.3 is 0 Å². The quantitative estimate of drug-likeness (QED) is 0.917. The number of rotatable bonds is 3. The molecule has 0 aromatic heterocycles. The first-order chi connectivity index (χ1) is 9.63. The molecule has 0 saturated heterocycles. The molecule has 108 valence electrons. The normalized spacial score (nSPS) is 26.9. The van der Waals surface area contributed by atoms with Gasteiger partial charge in [-0.15, -0.1) is 0 Å². The summed E-state index contributed by atoms with van der Waals surface area (Å²) in [5, 5.41) is 3.65. The number of anilines is 1. The van der Waals surface area contributed by atoms with Crippen LogP contribution in [0.3, 0.4) is 0 Å². The number of carbonyl (C=O) groups is 1.